The molecule has 3 amide bonds. The van der Waals surface area contributed by atoms with Gasteiger partial charge in [0, 0.05) is 19.2 Å². The number of morpholine rings is 1. The monoisotopic (exact) mass is 378 g/mol. The molecule has 1 aromatic rings. The highest BCUT2D eigenvalue weighted by Crippen LogP contribution is 2.53. The first-order valence-corrected chi connectivity index (χ1v) is 9.84. The number of nitrogens with zero attached hydrogens (tertiary/aromatic N) is 2. The van der Waals surface area contributed by atoms with Crippen molar-refractivity contribution in [2.45, 2.75) is 6.42 Å². The lowest BCUT2D eigenvalue weighted by atomic mass is 9.85. The molecule has 4 aliphatic rings. The first-order chi connectivity index (χ1) is 13.6. The van der Waals surface area contributed by atoms with Crippen LogP contribution >= 0.6 is 0 Å². The fraction of sp³-hybridized carbons (Fsp3) is 0.409. The third-order valence-electron chi connectivity index (χ3n) is 6.34. The summed E-state index contributed by atoms with van der Waals surface area (Å²) in [5, 5.41) is 0. The number of anilines is 1. The summed E-state index contributed by atoms with van der Waals surface area (Å²) >= 11 is 0. The molecule has 2 saturated heterocycles. The molecule has 5 rings (SSSR count). The molecule has 144 valence electrons. The Bertz CT molecular complexity index is 870. The van der Waals surface area contributed by atoms with Gasteiger partial charge in [0.15, 0.2) is 0 Å². The standard InChI is InChI=1S/C22H22N2O4/c25-18(23-8-10-28-11-9-23)7-4-14-2-1-3-17(12-14)24-21(26)19-15-5-6-16(13-15)20(19)22(24)27/h1-7,12,15-16,19-20H,8-11,13H2/b7-4-. The lowest BCUT2D eigenvalue weighted by Gasteiger charge is -2.25. The van der Waals surface area contributed by atoms with E-state index in [-0.39, 0.29) is 41.4 Å². The molecule has 6 heteroatoms. The van der Waals surface area contributed by atoms with Gasteiger partial charge < -0.3 is 9.64 Å². The normalized spacial score (nSPS) is 31.3. The van der Waals surface area contributed by atoms with E-state index in [9.17, 15) is 14.4 Å². The molecule has 2 aliphatic heterocycles. The number of fused-ring (bicyclic) bond motifs is 5. The number of benzene rings is 1. The van der Waals surface area contributed by atoms with Crippen molar-refractivity contribution in [3.05, 3.63) is 48.1 Å². The number of carbonyl (C=O) groups is 3. The first-order valence-electron chi connectivity index (χ1n) is 9.84. The SMILES string of the molecule is O=C(/C=C\c1cccc(N2C(=O)C3C4C=CC(C4)C3C2=O)c1)N1CCOCC1. The fourth-order valence-electron chi connectivity index (χ4n) is 4.98. The molecule has 3 fully saturated rings. The number of allylic oxidation sites excluding steroid dienone is 2. The Morgan fingerprint density at radius 3 is 2.39 bits per heavy atom. The molecule has 28 heavy (non-hydrogen) atoms. The smallest absolute Gasteiger partial charge is 0.246 e. The zero-order chi connectivity index (χ0) is 19.3. The van der Waals surface area contributed by atoms with Crippen LogP contribution in [-0.2, 0) is 19.1 Å². The maximum Gasteiger partial charge on any atom is 0.246 e. The van der Waals surface area contributed by atoms with Gasteiger partial charge >= 0.3 is 0 Å². The van der Waals surface area contributed by atoms with E-state index in [4.69, 9.17) is 4.74 Å². The van der Waals surface area contributed by atoms with Crippen molar-refractivity contribution >= 4 is 29.5 Å². The molecule has 0 radical (unpaired) electrons. The topological polar surface area (TPSA) is 66.9 Å². The van der Waals surface area contributed by atoms with E-state index in [0.29, 0.717) is 32.0 Å². The van der Waals surface area contributed by atoms with Gasteiger partial charge in [-0.15, -0.1) is 0 Å². The minimum absolute atomic E-state index is 0.0563. The van der Waals surface area contributed by atoms with Gasteiger partial charge in [-0.1, -0.05) is 24.3 Å². The average Bonchev–Trinajstić information content (AvgIpc) is 3.41. The van der Waals surface area contributed by atoms with Gasteiger partial charge in [-0.2, -0.15) is 0 Å². The molecule has 2 aliphatic carbocycles. The van der Waals surface area contributed by atoms with Gasteiger partial charge in [-0.25, -0.2) is 4.90 Å². The molecule has 2 bridgehead atoms. The molecule has 0 aromatic heterocycles. The van der Waals surface area contributed by atoms with Crippen LogP contribution in [0.15, 0.2) is 42.5 Å². The Morgan fingerprint density at radius 2 is 1.71 bits per heavy atom. The highest BCUT2D eigenvalue weighted by Gasteiger charge is 2.59. The zero-order valence-corrected chi connectivity index (χ0v) is 15.5. The minimum atomic E-state index is -0.204. The van der Waals surface area contributed by atoms with E-state index in [2.05, 4.69) is 12.2 Å². The molecule has 4 atom stereocenters. The van der Waals surface area contributed by atoms with Crippen LogP contribution in [0.4, 0.5) is 5.69 Å². The Morgan fingerprint density at radius 1 is 1.04 bits per heavy atom. The molecule has 0 spiro atoms. The van der Waals surface area contributed by atoms with Crippen molar-refractivity contribution in [2.75, 3.05) is 31.2 Å². The zero-order valence-electron chi connectivity index (χ0n) is 15.5. The maximum atomic E-state index is 13.0. The first kappa shape index (κ1) is 17.4. The second-order valence-electron chi connectivity index (χ2n) is 7.88. The van der Waals surface area contributed by atoms with Gasteiger partial charge in [0.2, 0.25) is 17.7 Å². The molecular formula is C22H22N2O4. The predicted molar refractivity (Wildman–Crippen MR) is 103 cm³/mol. The number of hydrogen-bond donors (Lipinski definition) is 0. The van der Waals surface area contributed by atoms with Crippen molar-refractivity contribution in [3.8, 4) is 0 Å². The largest absolute Gasteiger partial charge is 0.378 e. The van der Waals surface area contributed by atoms with Gasteiger partial charge in [-0.3, -0.25) is 14.4 Å². The van der Waals surface area contributed by atoms with Gasteiger partial charge in [0.05, 0.1) is 30.7 Å². The van der Waals surface area contributed by atoms with Crippen molar-refractivity contribution in [1.82, 2.24) is 4.90 Å². The fourth-order valence-corrected chi connectivity index (χ4v) is 4.98. The number of rotatable bonds is 3. The summed E-state index contributed by atoms with van der Waals surface area (Å²) in [6.45, 7) is 2.32. The van der Waals surface area contributed by atoms with Crippen LogP contribution in [0.5, 0.6) is 0 Å². The van der Waals surface area contributed by atoms with E-state index in [1.165, 1.54) is 11.0 Å². The third-order valence-corrected chi connectivity index (χ3v) is 6.34. The highest BCUT2D eigenvalue weighted by atomic mass is 16.5. The Kier molecular flexibility index (Phi) is 4.16. The number of amides is 3. The predicted octanol–water partition coefficient (Wildman–Crippen LogP) is 1.87. The van der Waals surface area contributed by atoms with Gasteiger partial charge in [-0.05, 0) is 42.0 Å². The maximum absolute atomic E-state index is 13.0. The number of carbonyl (C=O) groups excluding carboxylic acids is 3. The summed E-state index contributed by atoms with van der Waals surface area (Å²) < 4.78 is 5.26. The Balaban J connectivity index is 1.35. The van der Waals surface area contributed by atoms with Crippen LogP contribution in [0, 0.1) is 23.7 Å². The van der Waals surface area contributed by atoms with E-state index in [1.807, 2.05) is 12.1 Å². The van der Waals surface area contributed by atoms with Crippen LogP contribution in [-0.4, -0.2) is 48.9 Å². The molecule has 4 unspecified atom stereocenters. The van der Waals surface area contributed by atoms with Crippen LogP contribution in [0.3, 0.4) is 0 Å². The summed E-state index contributed by atoms with van der Waals surface area (Å²) in [5.41, 5.74) is 1.38. The lowest BCUT2D eigenvalue weighted by Crippen LogP contribution is -2.39. The van der Waals surface area contributed by atoms with Crippen molar-refractivity contribution in [2.24, 2.45) is 23.7 Å². The lowest BCUT2D eigenvalue weighted by molar-refractivity contribution is -0.130. The Hall–Kier alpha value is -2.73. The number of imide groups is 1. The minimum Gasteiger partial charge on any atom is -0.378 e. The van der Waals surface area contributed by atoms with E-state index in [1.54, 1.807) is 23.1 Å². The average molecular weight is 378 g/mol. The van der Waals surface area contributed by atoms with E-state index in [0.717, 1.165) is 12.0 Å². The summed E-state index contributed by atoms with van der Waals surface area (Å²) in [7, 11) is 0. The molecule has 1 aromatic carbocycles. The van der Waals surface area contributed by atoms with Crippen LogP contribution in [0.25, 0.3) is 6.08 Å². The number of hydrogen-bond acceptors (Lipinski definition) is 4. The van der Waals surface area contributed by atoms with Gasteiger partial charge in [0.1, 0.15) is 0 Å². The second-order valence-corrected chi connectivity index (χ2v) is 7.88. The molecule has 6 nitrogen and oxygen atoms in total. The van der Waals surface area contributed by atoms with Crippen molar-refractivity contribution in [3.63, 3.8) is 0 Å². The molecule has 2 heterocycles. The van der Waals surface area contributed by atoms with Crippen LogP contribution in [0.2, 0.25) is 0 Å². The van der Waals surface area contributed by atoms with Crippen molar-refractivity contribution in [1.29, 1.82) is 0 Å². The van der Waals surface area contributed by atoms with Crippen LogP contribution < -0.4 is 4.90 Å². The van der Waals surface area contributed by atoms with E-state index >= 15 is 0 Å². The highest BCUT2D eigenvalue weighted by molar-refractivity contribution is 6.22. The third kappa shape index (κ3) is 2.71. The van der Waals surface area contributed by atoms with E-state index < -0.39 is 0 Å². The van der Waals surface area contributed by atoms with Crippen LogP contribution in [0.1, 0.15) is 12.0 Å². The summed E-state index contributed by atoms with van der Waals surface area (Å²) in [4.78, 5) is 41.3. The summed E-state index contributed by atoms with van der Waals surface area (Å²) in [5.74, 6) is -0.237. The van der Waals surface area contributed by atoms with Gasteiger partial charge in [0.25, 0.3) is 0 Å². The molecule has 1 saturated carbocycles. The molecular weight excluding hydrogens is 356 g/mol. The number of ether oxygens (including phenoxy) is 1. The quantitative estimate of drug-likeness (QED) is 0.458. The van der Waals surface area contributed by atoms with Crippen molar-refractivity contribution < 1.29 is 19.1 Å². The summed E-state index contributed by atoms with van der Waals surface area (Å²) in [6.07, 6.45) is 8.39. The molecule has 0 N–H and O–H groups in total. The second kappa shape index (κ2) is 6.71. The summed E-state index contributed by atoms with van der Waals surface area (Å²) in [6, 6.07) is 7.27. The Labute approximate surface area is 163 Å².